The zero-order valence-corrected chi connectivity index (χ0v) is 23.4. The minimum Gasteiger partial charge on any atom is -0.445 e. The molecule has 38 heavy (non-hydrogen) atoms. The molecule has 4 aliphatic carbocycles. The van der Waals surface area contributed by atoms with Crippen LogP contribution in [0.2, 0.25) is 4.34 Å². The molecule has 0 aromatic carbocycles. The van der Waals surface area contributed by atoms with E-state index < -0.39 is 75.0 Å². The van der Waals surface area contributed by atoms with Crippen molar-refractivity contribution >= 4 is 51.6 Å². The summed E-state index contributed by atoms with van der Waals surface area (Å²) in [5, 5.41) is 10.8. The second-order valence-electron chi connectivity index (χ2n) is 11.3. The smallest absolute Gasteiger partial charge is 0.349 e. The molecular weight excluding hydrogens is 561 g/mol. The highest BCUT2D eigenvalue weighted by atomic mass is 35.5. The Labute approximate surface area is 231 Å². The molecule has 0 spiro atoms. The minimum absolute atomic E-state index is 0.00576. The van der Waals surface area contributed by atoms with Crippen molar-refractivity contribution < 1.29 is 37.4 Å². The Bertz CT molecular complexity index is 1270. The fourth-order valence-corrected chi connectivity index (χ4v) is 9.70. The predicted molar refractivity (Wildman–Crippen MR) is 139 cm³/mol. The zero-order valence-electron chi connectivity index (χ0n) is 21.0. The van der Waals surface area contributed by atoms with Crippen LogP contribution in [0.15, 0.2) is 35.9 Å². The number of rotatable bonds is 4. The molecule has 4 aliphatic rings. The zero-order chi connectivity index (χ0) is 27.8. The first-order chi connectivity index (χ1) is 17.8. The number of carbonyl (C=O) groups is 3. The molecule has 0 radical (unpaired) electrons. The van der Waals surface area contributed by atoms with Gasteiger partial charge in [-0.05, 0) is 73.7 Å². The second kappa shape index (κ2) is 9.21. The van der Waals surface area contributed by atoms with E-state index >= 15 is 8.78 Å². The Morgan fingerprint density at radius 1 is 1.26 bits per heavy atom. The van der Waals surface area contributed by atoms with E-state index in [2.05, 4.69) is 0 Å². The van der Waals surface area contributed by atoms with Gasteiger partial charge in [0.15, 0.2) is 17.1 Å². The highest BCUT2D eigenvalue weighted by molar-refractivity contribution is 8.13. The van der Waals surface area contributed by atoms with Gasteiger partial charge >= 0.3 is 5.97 Å². The molecule has 3 fully saturated rings. The van der Waals surface area contributed by atoms with Crippen molar-refractivity contribution in [2.24, 2.45) is 28.6 Å². The van der Waals surface area contributed by atoms with Crippen LogP contribution in [0.25, 0.3) is 0 Å². The third-order valence-electron chi connectivity index (χ3n) is 9.69. The van der Waals surface area contributed by atoms with E-state index in [0.717, 1.165) is 17.4 Å². The van der Waals surface area contributed by atoms with Crippen molar-refractivity contribution in [3.63, 3.8) is 0 Å². The summed E-state index contributed by atoms with van der Waals surface area (Å²) in [6.07, 6.45) is -0.0836. The number of alkyl halides is 3. The van der Waals surface area contributed by atoms with Gasteiger partial charge in [0, 0.05) is 22.7 Å². The Kier molecular flexibility index (Phi) is 6.77. The molecule has 11 heteroatoms. The first-order valence-electron chi connectivity index (χ1n) is 12.4. The number of esters is 1. The van der Waals surface area contributed by atoms with Crippen LogP contribution >= 0.6 is 34.7 Å². The maximum Gasteiger partial charge on any atom is 0.349 e. The van der Waals surface area contributed by atoms with Gasteiger partial charge in [-0.15, -0.1) is 11.3 Å². The van der Waals surface area contributed by atoms with Crippen LogP contribution in [0.4, 0.5) is 13.2 Å². The maximum absolute atomic E-state index is 17.4. The third-order valence-corrected chi connectivity index (χ3v) is 11.6. The summed E-state index contributed by atoms with van der Waals surface area (Å²) >= 11 is 7.31. The number of carbonyl (C=O) groups excluding carboxylic acids is 3. The summed E-state index contributed by atoms with van der Waals surface area (Å²) in [5.41, 5.74) is -7.16. The van der Waals surface area contributed by atoms with Gasteiger partial charge in [-0.3, -0.25) is 9.59 Å². The number of hydrogen-bond acceptors (Lipinski definition) is 7. The Balaban J connectivity index is 1.63. The van der Waals surface area contributed by atoms with E-state index in [9.17, 15) is 23.9 Å². The number of fused-ring (bicyclic) bond motifs is 5. The number of aliphatic hydroxyl groups excluding tert-OH is 1. The van der Waals surface area contributed by atoms with Crippen LogP contribution in [-0.4, -0.2) is 51.5 Å². The number of ether oxygens (including phenoxy) is 1. The first-order valence-corrected chi connectivity index (χ1v) is 14.6. The summed E-state index contributed by atoms with van der Waals surface area (Å²) in [7, 11) is 0. The monoisotopic (exact) mass is 588 g/mol. The summed E-state index contributed by atoms with van der Waals surface area (Å²) in [6.45, 7) is 4.82. The molecule has 5 rings (SSSR count). The van der Waals surface area contributed by atoms with Crippen LogP contribution in [0.1, 0.15) is 49.7 Å². The van der Waals surface area contributed by atoms with Crippen LogP contribution in [0, 0.1) is 28.6 Å². The molecule has 3 saturated carbocycles. The molecule has 0 aliphatic heterocycles. The Morgan fingerprint density at radius 3 is 2.61 bits per heavy atom. The quantitative estimate of drug-likeness (QED) is 0.432. The topological polar surface area (TPSA) is 80.7 Å². The molecule has 0 unspecified atom stereocenters. The van der Waals surface area contributed by atoms with Crippen molar-refractivity contribution in [1.82, 2.24) is 0 Å². The molecule has 1 heterocycles. The molecule has 5 nitrogen and oxygen atoms in total. The van der Waals surface area contributed by atoms with Crippen molar-refractivity contribution in [3.8, 4) is 0 Å². The average Bonchev–Trinajstić information content (AvgIpc) is 3.38. The molecule has 0 amide bonds. The van der Waals surface area contributed by atoms with E-state index in [1.807, 2.05) is 0 Å². The van der Waals surface area contributed by atoms with Crippen molar-refractivity contribution in [2.45, 2.75) is 63.6 Å². The highest BCUT2D eigenvalue weighted by Crippen LogP contribution is 2.72. The summed E-state index contributed by atoms with van der Waals surface area (Å²) in [4.78, 5) is 39.1. The average molecular weight is 589 g/mol. The second-order valence-corrected chi connectivity index (χ2v) is 13.9. The fourth-order valence-electron chi connectivity index (χ4n) is 8.00. The number of halogens is 4. The summed E-state index contributed by atoms with van der Waals surface area (Å²) < 4.78 is 52.9. The molecule has 1 aromatic rings. The lowest BCUT2D eigenvalue weighted by molar-refractivity contribution is -0.221. The Morgan fingerprint density at radius 2 is 1.97 bits per heavy atom. The van der Waals surface area contributed by atoms with Crippen molar-refractivity contribution in [2.75, 3.05) is 6.01 Å². The normalized spacial score (nSPS) is 43.6. The highest BCUT2D eigenvalue weighted by Gasteiger charge is 2.78. The number of thioether (sulfide) groups is 1. The van der Waals surface area contributed by atoms with Crippen LogP contribution in [0.5, 0.6) is 0 Å². The molecule has 0 bridgehead atoms. The van der Waals surface area contributed by atoms with Crippen LogP contribution in [0.3, 0.4) is 0 Å². The van der Waals surface area contributed by atoms with Crippen molar-refractivity contribution in [3.05, 3.63) is 45.1 Å². The van der Waals surface area contributed by atoms with Gasteiger partial charge < -0.3 is 9.84 Å². The maximum atomic E-state index is 17.4. The van der Waals surface area contributed by atoms with Gasteiger partial charge in [0.1, 0.15) is 17.1 Å². The van der Waals surface area contributed by atoms with Gasteiger partial charge in [0.25, 0.3) is 0 Å². The lowest BCUT2D eigenvalue weighted by atomic mass is 9.44. The summed E-state index contributed by atoms with van der Waals surface area (Å²) in [5.74, 6) is -3.69. The lowest BCUT2D eigenvalue weighted by Crippen LogP contribution is -2.70. The van der Waals surface area contributed by atoms with E-state index in [1.54, 1.807) is 13.8 Å². The largest absolute Gasteiger partial charge is 0.445 e. The lowest BCUT2D eigenvalue weighted by Gasteiger charge is -2.63. The predicted octanol–water partition coefficient (Wildman–Crippen LogP) is 6.05. The SMILES string of the molecule is C[C@@H]1C[C@H]2[C@@H]3C[C@H](F)C4=CC(=O)C=C[C@]4(C)[C@@]3(F)[C@@H](O)C[C@]2(C)[C@@]1(OC(=O)c1ccc(Cl)s1)C(=O)SCF. The molecule has 9 atom stereocenters. The first kappa shape index (κ1) is 27.9. The molecule has 1 N–H and O–H groups in total. The number of hydrogen-bond donors (Lipinski definition) is 1. The summed E-state index contributed by atoms with van der Waals surface area (Å²) in [6, 6.07) is 1.90. The van der Waals surface area contributed by atoms with E-state index in [4.69, 9.17) is 16.3 Å². The van der Waals surface area contributed by atoms with Crippen LogP contribution in [-0.2, 0) is 14.3 Å². The van der Waals surface area contributed by atoms with E-state index in [-0.39, 0.29) is 29.7 Å². The molecule has 0 saturated heterocycles. The fraction of sp³-hybridized carbons (Fsp3) is 0.593. The molecule has 1 aromatic heterocycles. The standard InChI is InChI=1S/C27H28ClF3O5S2/c1-13-8-15-16-10-18(30)17-9-14(32)6-7-24(17,2)26(16,31)20(33)11-25(15,3)27(13,23(35)37-12-29)36-22(34)19-4-5-21(28)38-19/h4-7,9,13,15-16,18,20,33H,8,10-12H2,1-3H3/t13-,15+,16+,18+,20+,24+,25+,26+,27+/m1/s1. The Hall–Kier alpha value is -1.62. The van der Waals surface area contributed by atoms with Gasteiger partial charge in [-0.25, -0.2) is 18.0 Å². The van der Waals surface area contributed by atoms with E-state index in [1.165, 1.54) is 31.2 Å². The number of aliphatic hydroxyl groups is 1. The van der Waals surface area contributed by atoms with E-state index in [0.29, 0.717) is 16.1 Å². The van der Waals surface area contributed by atoms with Gasteiger partial charge in [0.2, 0.25) is 5.12 Å². The van der Waals surface area contributed by atoms with Crippen molar-refractivity contribution in [1.29, 1.82) is 0 Å². The number of thiophene rings is 1. The molecular formula is C27H28ClF3O5S2. The van der Waals surface area contributed by atoms with Crippen LogP contribution < -0.4 is 0 Å². The number of ketones is 1. The third kappa shape index (κ3) is 3.52. The van der Waals surface area contributed by atoms with Gasteiger partial charge in [0.05, 0.1) is 10.4 Å². The van der Waals surface area contributed by atoms with Gasteiger partial charge in [-0.1, -0.05) is 31.5 Å². The van der Waals surface area contributed by atoms with Gasteiger partial charge in [-0.2, -0.15) is 0 Å². The molecule has 206 valence electrons. The number of allylic oxidation sites excluding steroid dienone is 4. The minimum atomic E-state index is -2.35.